The molecule has 8 aliphatic rings. The number of rotatable bonds is 13. The summed E-state index contributed by atoms with van der Waals surface area (Å²) < 4.78 is 6.05. The van der Waals surface area contributed by atoms with Gasteiger partial charge in [-0.25, -0.2) is 0 Å². The van der Waals surface area contributed by atoms with Gasteiger partial charge in [-0.3, -0.25) is 19.2 Å². The lowest BCUT2D eigenvalue weighted by atomic mass is 9.43. The summed E-state index contributed by atoms with van der Waals surface area (Å²) in [5.74, 6) is 3.14. The van der Waals surface area contributed by atoms with E-state index >= 15 is 0 Å². The summed E-state index contributed by atoms with van der Waals surface area (Å²) in [5, 5.41) is 48.3. The number of aliphatic carboxylic acids is 1. The van der Waals surface area contributed by atoms with Crippen LogP contribution in [0.25, 0.3) is 0 Å². The maximum atomic E-state index is 13.2. The van der Waals surface area contributed by atoms with Gasteiger partial charge in [-0.15, -0.1) is 0 Å². The molecule has 2 amide bonds. The molecule has 0 bridgehead atoms. The maximum absolute atomic E-state index is 13.2. The number of carbonyl (C=O) groups is 4. The lowest BCUT2D eigenvalue weighted by molar-refractivity contribution is -0.182. The molecule has 11 heteroatoms. The molecule has 0 saturated heterocycles. The van der Waals surface area contributed by atoms with E-state index in [0.29, 0.717) is 72.0 Å². The van der Waals surface area contributed by atoms with E-state index in [1.165, 1.54) is 6.42 Å². The summed E-state index contributed by atoms with van der Waals surface area (Å²) in [6.07, 6.45) is 17.0. The largest absolute Gasteiger partial charge is 0.480 e. The number of aliphatic hydroxyl groups excluding tert-OH is 3. The molecular formula is C52H84N2O9. The van der Waals surface area contributed by atoms with E-state index in [2.05, 4.69) is 52.2 Å². The summed E-state index contributed by atoms with van der Waals surface area (Å²) in [6, 6.07) is 0. The van der Waals surface area contributed by atoms with Crippen molar-refractivity contribution in [1.29, 1.82) is 0 Å². The molecule has 0 aromatic heterocycles. The number of hydrogen-bond acceptors (Lipinski definition) is 8. The van der Waals surface area contributed by atoms with Crippen LogP contribution in [0.15, 0.2) is 0 Å². The Morgan fingerprint density at radius 3 is 1.52 bits per heavy atom. The second-order valence-electron chi connectivity index (χ2n) is 24.3. The third-order valence-corrected chi connectivity index (χ3v) is 21.6. The third-order valence-electron chi connectivity index (χ3n) is 21.6. The third kappa shape index (κ3) is 8.66. The first kappa shape index (κ1) is 47.3. The summed E-state index contributed by atoms with van der Waals surface area (Å²) in [4.78, 5) is 49.6. The second-order valence-corrected chi connectivity index (χ2v) is 24.3. The lowest BCUT2D eigenvalue weighted by Crippen LogP contribution is -2.59. The summed E-state index contributed by atoms with van der Waals surface area (Å²) in [5.41, 5.74) is 0.566. The zero-order valence-corrected chi connectivity index (χ0v) is 39.6. The molecule has 356 valence electrons. The summed E-state index contributed by atoms with van der Waals surface area (Å²) in [6.45, 7) is 13.9. The first-order valence-corrected chi connectivity index (χ1v) is 25.8. The number of nitrogens with one attached hydrogen (secondary N) is 2. The molecule has 5 unspecified atom stereocenters. The molecule has 8 rings (SSSR count). The number of carboxylic acids is 1. The normalized spacial score (nSPS) is 47.3. The van der Waals surface area contributed by atoms with Gasteiger partial charge in [0.2, 0.25) is 11.8 Å². The molecule has 20 atom stereocenters. The van der Waals surface area contributed by atoms with Gasteiger partial charge < -0.3 is 35.8 Å². The van der Waals surface area contributed by atoms with Crippen LogP contribution in [-0.4, -0.2) is 81.7 Å². The minimum absolute atomic E-state index is 0.0814. The van der Waals surface area contributed by atoms with Gasteiger partial charge in [-0.05, 0) is 208 Å². The van der Waals surface area contributed by atoms with Crippen LogP contribution in [0.2, 0.25) is 0 Å². The smallest absolute Gasteiger partial charge is 0.325 e. The maximum Gasteiger partial charge on any atom is 0.325 e. The van der Waals surface area contributed by atoms with Crippen molar-refractivity contribution in [3.05, 3.63) is 0 Å². The van der Waals surface area contributed by atoms with Crippen LogP contribution in [0, 0.1) is 92.7 Å². The van der Waals surface area contributed by atoms with Gasteiger partial charge >= 0.3 is 11.9 Å². The highest BCUT2D eigenvalue weighted by molar-refractivity contribution is 5.82. The number of ether oxygens (including phenoxy) is 1. The standard InChI is InChI=1S/C52H84N2O9/c1-29(7-13-43(58)53-27-45(60)61)35-10-12-38-48-40(18-22-52(35,38)6)50(4)20-16-34(24-32(50)26-42(48)57)63-46(62)28-54-44(59)14-8-30(2)36-9-11-37-47-39(17-21-51(36,37)5)49(3)19-15-33(55)23-31(49)25-41(47)56/h29-42,47-48,55-57H,7-28H2,1-6H3,(H,53,58)(H,54,59)(H,60,61)/t29-,30-,31?,32?,33-,34-,35-,36-,37?,38+,39?,40+,41-,42-,47?,48+,49+,50+,51-,52-/m1/s1. The molecule has 11 nitrogen and oxygen atoms in total. The van der Waals surface area contributed by atoms with Crippen molar-refractivity contribution in [3.8, 4) is 0 Å². The van der Waals surface area contributed by atoms with Crippen LogP contribution >= 0.6 is 0 Å². The van der Waals surface area contributed by atoms with E-state index in [9.17, 15) is 34.5 Å². The fourth-order valence-electron chi connectivity index (χ4n) is 18.3. The van der Waals surface area contributed by atoms with E-state index < -0.39 is 5.97 Å². The van der Waals surface area contributed by atoms with Crippen LogP contribution in [0.3, 0.4) is 0 Å². The highest BCUT2D eigenvalue weighted by Gasteiger charge is 2.65. The van der Waals surface area contributed by atoms with Crippen molar-refractivity contribution in [2.24, 2.45) is 92.7 Å². The molecular weight excluding hydrogens is 797 g/mol. The Hall–Kier alpha value is -2.24. The monoisotopic (exact) mass is 881 g/mol. The Kier molecular flexibility index (Phi) is 13.6. The number of carbonyl (C=O) groups excluding carboxylic acids is 3. The van der Waals surface area contributed by atoms with Crippen molar-refractivity contribution in [3.63, 3.8) is 0 Å². The molecule has 0 aromatic carbocycles. The highest BCUT2D eigenvalue weighted by atomic mass is 16.5. The fraction of sp³-hybridized carbons (Fsp3) is 0.923. The zero-order valence-electron chi connectivity index (χ0n) is 39.6. The Labute approximate surface area is 377 Å². The van der Waals surface area contributed by atoms with E-state index in [1.54, 1.807) is 0 Å². The number of esters is 1. The van der Waals surface area contributed by atoms with Gasteiger partial charge in [-0.2, -0.15) is 0 Å². The molecule has 0 heterocycles. The van der Waals surface area contributed by atoms with Crippen LogP contribution in [0.5, 0.6) is 0 Å². The Morgan fingerprint density at radius 1 is 0.571 bits per heavy atom. The SMILES string of the molecule is C[C@H](CCC(=O)NCC(=O)O)[C@H]1CC[C@H]2[C@@H]3[C@H](O)CC4C[C@H](OC(=O)CNC(=O)CC[C@@H](C)[C@H]5CCC6C7C(CC[C@@]65C)[C@@]5(C)CC[C@@H](O)CC5C[C@H]7O)CC[C@]4(C)[C@H]3CC[C@]12C. The number of hydrogen-bond donors (Lipinski definition) is 6. The Bertz CT molecular complexity index is 1710. The molecule has 8 fully saturated rings. The molecule has 0 spiro atoms. The van der Waals surface area contributed by atoms with Crippen LogP contribution in [0.1, 0.15) is 170 Å². The fourth-order valence-corrected chi connectivity index (χ4v) is 18.3. The molecule has 6 N–H and O–H groups in total. The van der Waals surface area contributed by atoms with Crippen LogP contribution in [0.4, 0.5) is 0 Å². The Morgan fingerprint density at radius 2 is 1.02 bits per heavy atom. The molecule has 8 saturated carbocycles. The summed E-state index contributed by atoms with van der Waals surface area (Å²) in [7, 11) is 0. The van der Waals surface area contributed by atoms with E-state index in [4.69, 9.17) is 9.84 Å². The topological polar surface area (TPSA) is 182 Å². The van der Waals surface area contributed by atoms with Crippen LogP contribution in [-0.2, 0) is 23.9 Å². The molecule has 0 radical (unpaired) electrons. The number of fused-ring (bicyclic) bond motifs is 10. The lowest BCUT2D eigenvalue weighted by Gasteiger charge is -2.62. The predicted octanol–water partition coefficient (Wildman–Crippen LogP) is 7.67. The predicted molar refractivity (Wildman–Crippen MR) is 240 cm³/mol. The summed E-state index contributed by atoms with van der Waals surface area (Å²) >= 11 is 0. The van der Waals surface area contributed by atoms with E-state index in [0.717, 1.165) is 109 Å². The van der Waals surface area contributed by atoms with Gasteiger partial charge in [0.1, 0.15) is 19.2 Å². The van der Waals surface area contributed by atoms with Crippen LogP contribution < -0.4 is 10.6 Å². The average Bonchev–Trinajstić information content (AvgIpc) is 3.78. The Balaban J connectivity index is 0.780. The van der Waals surface area contributed by atoms with Crippen molar-refractivity contribution < 1.29 is 44.3 Å². The second kappa shape index (κ2) is 18.1. The van der Waals surface area contributed by atoms with Crippen molar-refractivity contribution >= 4 is 23.8 Å². The average molecular weight is 881 g/mol. The zero-order chi connectivity index (χ0) is 45.2. The minimum Gasteiger partial charge on any atom is -0.480 e. The van der Waals surface area contributed by atoms with E-state index in [-0.39, 0.29) is 88.8 Å². The quantitative estimate of drug-likeness (QED) is 0.101. The number of carboxylic acid groups (broad SMARTS) is 1. The van der Waals surface area contributed by atoms with E-state index in [1.807, 2.05) is 0 Å². The van der Waals surface area contributed by atoms with Gasteiger partial charge in [0.25, 0.3) is 0 Å². The van der Waals surface area contributed by atoms with Crippen molar-refractivity contribution in [1.82, 2.24) is 10.6 Å². The highest BCUT2D eigenvalue weighted by Crippen LogP contribution is 2.70. The molecule has 63 heavy (non-hydrogen) atoms. The first-order chi connectivity index (χ1) is 29.8. The molecule has 0 aromatic rings. The minimum atomic E-state index is -1.03. The van der Waals surface area contributed by atoms with Gasteiger partial charge in [0.05, 0.1) is 18.3 Å². The number of aliphatic hydroxyl groups is 3. The van der Waals surface area contributed by atoms with Crippen molar-refractivity contribution in [2.75, 3.05) is 13.1 Å². The van der Waals surface area contributed by atoms with Crippen molar-refractivity contribution in [2.45, 2.75) is 194 Å². The first-order valence-electron chi connectivity index (χ1n) is 25.8. The molecule has 8 aliphatic carbocycles. The molecule has 0 aliphatic heterocycles. The van der Waals surface area contributed by atoms with Gasteiger partial charge in [0.15, 0.2) is 0 Å². The van der Waals surface area contributed by atoms with Gasteiger partial charge in [0, 0.05) is 12.8 Å². The number of amides is 2. The van der Waals surface area contributed by atoms with Gasteiger partial charge in [-0.1, -0.05) is 41.5 Å².